The number of ether oxygens (including phenoxy) is 5. The monoisotopic (exact) mass is 516 g/mol. The number of carbonyl (C=O) groups is 4. The molecule has 36 heavy (non-hydrogen) atoms. The lowest BCUT2D eigenvalue weighted by molar-refractivity contribution is -0.378. The van der Waals surface area contributed by atoms with Crippen LogP contribution in [0, 0.1) is 0 Å². The zero-order valence-corrected chi connectivity index (χ0v) is 19.7. The standard InChI is InChI=1S/C24H21ClN2O9/c25-17-4-3-16-15(22(17)32-13-14-2-1-10-26-12-14)9-11-27-24(35-20(30)7-8-21(31)36-24)23(16)33-18(28)5-6-19(29)34-23/h1-4,10,12,27H,5-9,11,13H2. The second-order valence-corrected chi connectivity index (χ2v) is 8.77. The molecule has 2 aromatic rings. The van der Waals surface area contributed by atoms with Crippen LogP contribution >= 0.6 is 11.6 Å². The van der Waals surface area contributed by atoms with E-state index in [4.69, 9.17) is 35.3 Å². The fraction of sp³-hybridized carbons (Fsp3) is 0.375. The van der Waals surface area contributed by atoms with Gasteiger partial charge < -0.3 is 23.7 Å². The first-order chi connectivity index (χ1) is 17.3. The first-order valence-electron chi connectivity index (χ1n) is 11.3. The van der Waals surface area contributed by atoms with Crippen LogP contribution in [0.1, 0.15) is 42.4 Å². The molecule has 1 N–H and O–H groups in total. The van der Waals surface area contributed by atoms with Crippen molar-refractivity contribution in [3.05, 3.63) is 58.4 Å². The molecule has 2 saturated heterocycles. The third-order valence-electron chi connectivity index (χ3n) is 5.94. The molecule has 11 nitrogen and oxygen atoms in total. The van der Waals surface area contributed by atoms with Crippen molar-refractivity contribution in [2.24, 2.45) is 0 Å². The second-order valence-electron chi connectivity index (χ2n) is 8.36. The van der Waals surface area contributed by atoms with E-state index >= 15 is 0 Å². The van der Waals surface area contributed by atoms with Crippen molar-refractivity contribution in [2.75, 3.05) is 6.54 Å². The molecule has 0 aliphatic carbocycles. The number of nitrogens with zero attached hydrogens (tertiary/aromatic N) is 1. The summed E-state index contributed by atoms with van der Waals surface area (Å²) in [5.74, 6) is -7.98. The van der Waals surface area contributed by atoms with Crippen LogP contribution in [0.15, 0.2) is 36.7 Å². The van der Waals surface area contributed by atoms with Gasteiger partial charge in [-0.25, -0.2) is 5.32 Å². The van der Waals surface area contributed by atoms with E-state index in [0.29, 0.717) is 5.56 Å². The Morgan fingerprint density at radius 2 is 1.53 bits per heavy atom. The van der Waals surface area contributed by atoms with Gasteiger partial charge in [0.1, 0.15) is 12.4 Å². The number of nitrogens with one attached hydrogen (secondary N) is 1. The Bertz CT molecular complexity index is 1200. The predicted molar refractivity (Wildman–Crippen MR) is 119 cm³/mol. The number of pyridine rings is 1. The maximum absolute atomic E-state index is 12.7. The summed E-state index contributed by atoms with van der Waals surface area (Å²) in [6, 6.07) is 6.50. The lowest BCUT2D eigenvalue weighted by atomic mass is 9.94. The minimum absolute atomic E-state index is 0.0496. The van der Waals surface area contributed by atoms with Gasteiger partial charge in [0, 0.05) is 30.1 Å². The first kappa shape index (κ1) is 24.0. The van der Waals surface area contributed by atoms with Crippen molar-refractivity contribution < 1.29 is 42.9 Å². The van der Waals surface area contributed by atoms with Gasteiger partial charge in [-0.15, -0.1) is 0 Å². The Morgan fingerprint density at radius 3 is 2.14 bits per heavy atom. The van der Waals surface area contributed by atoms with Gasteiger partial charge in [-0.3, -0.25) is 24.2 Å². The van der Waals surface area contributed by atoms with Crippen LogP contribution in [0.4, 0.5) is 0 Å². The van der Waals surface area contributed by atoms with Crippen molar-refractivity contribution in [3.8, 4) is 5.75 Å². The third-order valence-corrected chi connectivity index (χ3v) is 6.23. The van der Waals surface area contributed by atoms with E-state index in [2.05, 4.69) is 10.3 Å². The van der Waals surface area contributed by atoms with E-state index in [9.17, 15) is 19.2 Å². The number of halogens is 1. The molecule has 188 valence electrons. The average molecular weight is 517 g/mol. The number of carbonyl (C=O) groups excluding carboxylic acids is 4. The Balaban J connectivity index is 1.69. The molecule has 4 heterocycles. The van der Waals surface area contributed by atoms with E-state index in [1.807, 2.05) is 6.07 Å². The maximum Gasteiger partial charge on any atom is 0.404 e. The van der Waals surface area contributed by atoms with Crippen LogP contribution in [0.25, 0.3) is 0 Å². The molecule has 2 fully saturated rings. The van der Waals surface area contributed by atoms with Crippen molar-refractivity contribution >= 4 is 35.5 Å². The van der Waals surface area contributed by atoms with Crippen LogP contribution in [0.3, 0.4) is 0 Å². The fourth-order valence-corrected chi connectivity index (χ4v) is 4.57. The predicted octanol–water partition coefficient (Wildman–Crippen LogP) is 2.03. The van der Waals surface area contributed by atoms with Gasteiger partial charge in [0.2, 0.25) is 0 Å². The summed E-state index contributed by atoms with van der Waals surface area (Å²) >= 11 is 6.50. The summed E-state index contributed by atoms with van der Waals surface area (Å²) in [6.07, 6.45) is 2.35. The molecule has 1 aromatic carbocycles. The van der Waals surface area contributed by atoms with Crippen LogP contribution in [0.2, 0.25) is 5.02 Å². The van der Waals surface area contributed by atoms with Crippen molar-refractivity contribution in [2.45, 2.75) is 50.4 Å². The normalized spacial score (nSPS) is 20.7. The topological polar surface area (TPSA) is 139 Å². The number of fused-ring (bicyclic) bond motifs is 3. The van der Waals surface area contributed by atoms with E-state index in [1.54, 1.807) is 18.5 Å². The van der Waals surface area contributed by atoms with Crippen LogP contribution in [0.5, 0.6) is 5.75 Å². The Labute approximate surface area is 210 Å². The van der Waals surface area contributed by atoms with E-state index in [0.717, 1.165) is 5.56 Å². The fourth-order valence-electron chi connectivity index (χ4n) is 4.34. The van der Waals surface area contributed by atoms with Crippen molar-refractivity contribution in [3.63, 3.8) is 0 Å². The molecule has 3 aliphatic rings. The highest BCUT2D eigenvalue weighted by atomic mass is 35.5. The van der Waals surface area contributed by atoms with E-state index in [-0.39, 0.29) is 61.6 Å². The second kappa shape index (κ2) is 9.40. The van der Waals surface area contributed by atoms with E-state index < -0.39 is 35.6 Å². The molecular formula is C24H21ClN2O9. The number of aromatic nitrogens is 1. The molecule has 1 aromatic heterocycles. The largest absolute Gasteiger partial charge is 0.487 e. The SMILES string of the molecule is O=C1CCC(=O)OC2(NCCc3c(ccc(Cl)c3OCc3cccnc3)C23OC(=O)CCC(=O)O3)O1. The molecule has 0 unspecified atom stereocenters. The zero-order valence-electron chi connectivity index (χ0n) is 18.9. The highest BCUT2D eigenvalue weighted by molar-refractivity contribution is 6.32. The van der Waals surface area contributed by atoms with Gasteiger partial charge >= 0.3 is 35.6 Å². The summed E-state index contributed by atoms with van der Waals surface area (Å²) in [5.41, 5.74) is 1.27. The number of hydrogen-bond donors (Lipinski definition) is 1. The molecule has 12 heteroatoms. The highest BCUT2D eigenvalue weighted by Gasteiger charge is 2.69. The average Bonchev–Trinajstić information content (AvgIpc) is 3.16. The number of rotatable bonds is 3. The molecule has 0 radical (unpaired) electrons. The third kappa shape index (κ3) is 4.24. The molecule has 0 amide bonds. The van der Waals surface area contributed by atoms with Gasteiger partial charge in [0.15, 0.2) is 0 Å². The maximum atomic E-state index is 12.7. The Morgan fingerprint density at radius 1 is 0.889 bits per heavy atom. The van der Waals surface area contributed by atoms with Gasteiger partial charge in [-0.2, -0.15) is 0 Å². The summed E-state index contributed by atoms with van der Waals surface area (Å²) < 4.78 is 28.6. The summed E-state index contributed by atoms with van der Waals surface area (Å²) in [7, 11) is 0. The van der Waals surface area contributed by atoms with Crippen LogP contribution < -0.4 is 10.1 Å². The lowest BCUT2D eigenvalue weighted by Gasteiger charge is -2.43. The van der Waals surface area contributed by atoms with Crippen molar-refractivity contribution in [1.29, 1.82) is 0 Å². The first-order valence-corrected chi connectivity index (χ1v) is 11.7. The summed E-state index contributed by atoms with van der Waals surface area (Å²) in [6.45, 7) is 0.160. The minimum atomic E-state index is -2.49. The van der Waals surface area contributed by atoms with Gasteiger partial charge in [0.25, 0.3) is 0 Å². The lowest BCUT2D eigenvalue weighted by Crippen LogP contribution is -2.67. The Kier molecular flexibility index (Phi) is 6.27. The van der Waals surface area contributed by atoms with Crippen LogP contribution in [-0.4, -0.2) is 41.3 Å². The minimum Gasteiger partial charge on any atom is -0.487 e. The molecule has 0 saturated carbocycles. The molecule has 0 atom stereocenters. The van der Waals surface area contributed by atoms with Crippen molar-refractivity contribution in [1.82, 2.24) is 10.3 Å². The smallest absolute Gasteiger partial charge is 0.404 e. The molecule has 0 bridgehead atoms. The van der Waals surface area contributed by atoms with Gasteiger partial charge in [-0.05, 0) is 24.6 Å². The number of hydrogen-bond acceptors (Lipinski definition) is 11. The van der Waals surface area contributed by atoms with Crippen LogP contribution in [-0.2, 0) is 56.9 Å². The quantitative estimate of drug-likeness (QED) is 0.599. The molecule has 3 aliphatic heterocycles. The summed E-state index contributed by atoms with van der Waals surface area (Å²) in [5, 5.41) is 3.09. The number of benzene rings is 1. The molecule has 2 spiro atoms. The number of esters is 4. The molecular weight excluding hydrogens is 496 g/mol. The van der Waals surface area contributed by atoms with Gasteiger partial charge in [0.05, 0.1) is 36.3 Å². The zero-order chi connectivity index (χ0) is 25.3. The Hall–Kier alpha value is -3.70. The summed E-state index contributed by atoms with van der Waals surface area (Å²) in [4.78, 5) is 54.6. The van der Waals surface area contributed by atoms with Gasteiger partial charge in [-0.1, -0.05) is 17.7 Å². The highest BCUT2D eigenvalue weighted by Crippen LogP contribution is 2.49. The molecule has 5 rings (SSSR count). The van der Waals surface area contributed by atoms with E-state index in [1.165, 1.54) is 12.1 Å².